The van der Waals surface area contributed by atoms with Gasteiger partial charge in [-0.15, -0.1) is 0 Å². The predicted molar refractivity (Wildman–Crippen MR) is 69.5 cm³/mol. The van der Waals surface area contributed by atoms with E-state index in [2.05, 4.69) is 6.07 Å². The quantitative estimate of drug-likeness (QED) is 0.784. The molecule has 4 heteroatoms. The smallest absolute Gasteiger partial charge is 0.210 e. The van der Waals surface area contributed by atoms with Gasteiger partial charge in [-0.2, -0.15) is 5.26 Å². The Kier molecular flexibility index (Phi) is 3.57. The SMILES string of the molecule is CC(C)(C#N)C1CCC(c2cccc(F)c2)N1C=O. The van der Waals surface area contributed by atoms with Crippen molar-refractivity contribution in [2.24, 2.45) is 5.41 Å². The number of halogens is 1. The molecule has 3 nitrogen and oxygen atoms in total. The minimum Gasteiger partial charge on any atom is -0.334 e. The summed E-state index contributed by atoms with van der Waals surface area (Å²) >= 11 is 0. The lowest BCUT2D eigenvalue weighted by molar-refractivity contribution is -0.122. The van der Waals surface area contributed by atoms with E-state index in [4.69, 9.17) is 0 Å². The minimum absolute atomic E-state index is 0.122. The zero-order valence-corrected chi connectivity index (χ0v) is 11.1. The summed E-state index contributed by atoms with van der Waals surface area (Å²) in [6.45, 7) is 3.67. The number of benzene rings is 1. The molecular formula is C15H17FN2O. The van der Waals surface area contributed by atoms with Gasteiger partial charge in [0, 0.05) is 0 Å². The van der Waals surface area contributed by atoms with Crippen molar-refractivity contribution >= 4 is 6.41 Å². The Morgan fingerprint density at radius 2 is 2.21 bits per heavy atom. The first-order valence-electron chi connectivity index (χ1n) is 6.39. The fourth-order valence-electron chi connectivity index (χ4n) is 2.84. The molecule has 0 aliphatic carbocycles. The Hall–Kier alpha value is -1.89. The van der Waals surface area contributed by atoms with Crippen LogP contribution in [-0.4, -0.2) is 17.4 Å². The van der Waals surface area contributed by atoms with Gasteiger partial charge in [0.2, 0.25) is 6.41 Å². The number of carbonyl (C=O) groups is 1. The van der Waals surface area contributed by atoms with Crippen molar-refractivity contribution in [3.8, 4) is 6.07 Å². The van der Waals surface area contributed by atoms with E-state index in [1.165, 1.54) is 12.1 Å². The van der Waals surface area contributed by atoms with Gasteiger partial charge in [0.15, 0.2) is 0 Å². The maximum absolute atomic E-state index is 13.3. The fourth-order valence-corrected chi connectivity index (χ4v) is 2.84. The Balaban J connectivity index is 2.31. The van der Waals surface area contributed by atoms with Crippen molar-refractivity contribution in [3.63, 3.8) is 0 Å². The number of likely N-dealkylation sites (tertiary alicyclic amines) is 1. The van der Waals surface area contributed by atoms with Crippen LogP contribution in [0.2, 0.25) is 0 Å². The van der Waals surface area contributed by atoms with E-state index < -0.39 is 5.41 Å². The first-order valence-corrected chi connectivity index (χ1v) is 6.39. The average molecular weight is 260 g/mol. The topological polar surface area (TPSA) is 44.1 Å². The van der Waals surface area contributed by atoms with Crippen LogP contribution in [0.3, 0.4) is 0 Å². The normalized spacial score (nSPS) is 23.2. The van der Waals surface area contributed by atoms with Crippen molar-refractivity contribution in [2.45, 2.75) is 38.8 Å². The van der Waals surface area contributed by atoms with Gasteiger partial charge in [-0.1, -0.05) is 12.1 Å². The highest BCUT2D eigenvalue weighted by atomic mass is 19.1. The molecule has 0 radical (unpaired) electrons. The molecule has 1 saturated heterocycles. The summed E-state index contributed by atoms with van der Waals surface area (Å²) in [5.41, 5.74) is 0.200. The number of carbonyl (C=O) groups excluding carboxylic acids is 1. The lowest BCUT2D eigenvalue weighted by Gasteiger charge is -2.33. The largest absolute Gasteiger partial charge is 0.334 e. The molecule has 0 saturated carbocycles. The number of nitriles is 1. The highest BCUT2D eigenvalue weighted by molar-refractivity contribution is 5.51. The molecule has 1 aliphatic rings. The molecule has 1 aliphatic heterocycles. The molecule has 0 spiro atoms. The first-order chi connectivity index (χ1) is 8.99. The molecule has 1 amide bonds. The lowest BCUT2D eigenvalue weighted by Crippen LogP contribution is -2.40. The van der Waals surface area contributed by atoms with E-state index in [0.717, 1.165) is 24.8 Å². The fraction of sp³-hybridized carbons (Fsp3) is 0.467. The second-order valence-corrected chi connectivity index (χ2v) is 5.55. The minimum atomic E-state index is -0.594. The summed E-state index contributed by atoms with van der Waals surface area (Å²) < 4.78 is 13.3. The number of rotatable bonds is 3. The van der Waals surface area contributed by atoms with Gasteiger partial charge in [0.25, 0.3) is 0 Å². The molecule has 2 unspecified atom stereocenters. The molecule has 2 rings (SSSR count). The van der Waals surface area contributed by atoms with E-state index in [-0.39, 0.29) is 17.9 Å². The number of hydrogen-bond donors (Lipinski definition) is 0. The standard InChI is InChI=1S/C15H17FN2O/c1-15(2,9-17)14-7-6-13(18(14)10-19)11-4-3-5-12(16)8-11/h3-5,8,10,13-14H,6-7H2,1-2H3. The third kappa shape index (κ3) is 2.46. The Labute approximate surface area is 112 Å². The van der Waals surface area contributed by atoms with Crippen LogP contribution in [0.15, 0.2) is 24.3 Å². The summed E-state index contributed by atoms with van der Waals surface area (Å²) in [7, 11) is 0. The highest BCUT2D eigenvalue weighted by Crippen LogP contribution is 2.41. The van der Waals surface area contributed by atoms with Crippen LogP contribution in [0, 0.1) is 22.6 Å². The third-order valence-electron chi connectivity index (χ3n) is 3.91. The van der Waals surface area contributed by atoms with Gasteiger partial charge in [-0.3, -0.25) is 4.79 Å². The zero-order valence-electron chi connectivity index (χ0n) is 11.1. The maximum atomic E-state index is 13.3. The maximum Gasteiger partial charge on any atom is 0.210 e. The van der Waals surface area contributed by atoms with Crippen molar-refractivity contribution in [1.29, 1.82) is 5.26 Å². The molecule has 2 atom stereocenters. The van der Waals surface area contributed by atoms with Gasteiger partial charge in [0.1, 0.15) is 5.82 Å². The second-order valence-electron chi connectivity index (χ2n) is 5.55. The van der Waals surface area contributed by atoms with Crippen LogP contribution in [0.1, 0.15) is 38.3 Å². The van der Waals surface area contributed by atoms with Crippen LogP contribution in [-0.2, 0) is 4.79 Å². The Morgan fingerprint density at radius 3 is 2.79 bits per heavy atom. The van der Waals surface area contributed by atoms with Crippen LogP contribution in [0.5, 0.6) is 0 Å². The Morgan fingerprint density at radius 1 is 1.47 bits per heavy atom. The monoisotopic (exact) mass is 260 g/mol. The second kappa shape index (κ2) is 5.00. The predicted octanol–water partition coefficient (Wildman–Crippen LogP) is 3.04. The summed E-state index contributed by atoms with van der Waals surface area (Å²) in [5, 5.41) is 9.22. The van der Waals surface area contributed by atoms with E-state index in [1.807, 2.05) is 19.9 Å². The highest BCUT2D eigenvalue weighted by Gasteiger charge is 2.42. The summed E-state index contributed by atoms with van der Waals surface area (Å²) in [6.07, 6.45) is 2.31. The molecule has 1 aromatic carbocycles. The molecule has 100 valence electrons. The lowest BCUT2D eigenvalue weighted by atomic mass is 9.85. The van der Waals surface area contributed by atoms with Gasteiger partial charge in [-0.05, 0) is 44.4 Å². The van der Waals surface area contributed by atoms with E-state index in [9.17, 15) is 14.4 Å². The molecule has 0 aromatic heterocycles. The summed E-state index contributed by atoms with van der Waals surface area (Å²) in [4.78, 5) is 13.0. The average Bonchev–Trinajstić information content (AvgIpc) is 2.83. The van der Waals surface area contributed by atoms with Crippen LogP contribution >= 0.6 is 0 Å². The first kappa shape index (κ1) is 13.5. The van der Waals surface area contributed by atoms with Crippen molar-refractivity contribution in [2.75, 3.05) is 0 Å². The molecule has 0 N–H and O–H groups in total. The number of amides is 1. The summed E-state index contributed by atoms with van der Waals surface area (Å²) in [6, 6.07) is 8.33. The third-order valence-corrected chi connectivity index (χ3v) is 3.91. The van der Waals surface area contributed by atoms with Crippen LogP contribution in [0.4, 0.5) is 4.39 Å². The molecular weight excluding hydrogens is 243 g/mol. The molecule has 1 heterocycles. The number of nitrogens with zero attached hydrogens (tertiary/aromatic N) is 2. The zero-order chi connectivity index (χ0) is 14.0. The van der Waals surface area contributed by atoms with E-state index >= 15 is 0 Å². The van der Waals surface area contributed by atoms with Crippen molar-refractivity contribution < 1.29 is 9.18 Å². The van der Waals surface area contributed by atoms with E-state index in [1.54, 1.807) is 11.0 Å². The van der Waals surface area contributed by atoms with Crippen molar-refractivity contribution in [1.82, 2.24) is 4.90 Å². The van der Waals surface area contributed by atoms with Crippen molar-refractivity contribution in [3.05, 3.63) is 35.6 Å². The Bertz CT molecular complexity index is 521. The summed E-state index contributed by atoms with van der Waals surface area (Å²) in [5.74, 6) is -0.300. The van der Waals surface area contributed by atoms with Gasteiger partial charge >= 0.3 is 0 Å². The van der Waals surface area contributed by atoms with Gasteiger partial charge < -0.3 is 4.90 Å². The van der Waals surface area contributed by atoms with Gasteiger partial charge in [-0.25, -0.2) is 4.39 Å². The molecule has 19 heavy (non-hydrogen) atoms. The van der Waals surface area contributed by atoms with Gasteiger partial charge in [0.05, 0.1) is 23.6 Å². The molecule has 1 fully saturated rings. The molecule has 1 aromatic rings. The molecule has 0 bridgehead atoms. The van der Waals surface area contributed by atoms with E-state index in [0.29, 0.717) is 0 Å². The van der Waals surface area contributed by atoms with Crippen LogP contribution in [0.25, 0.3) is 0 Å². The van der Waals surface area contributed by atoms with Crippen LogP contribution < -0.4 is 0 Å². The number of hydrogen-bond acceptors (Lipinski definition) is 2.